The largest absolute Gasteiger partial charge is 0.475 e. The average molecular weight is 671 g/mol. The normalized spacial score (nSPS) is 25.3. The summed E-state index contributed by atoms with van der Waals surface area (Å²) in [7, 11) is 0. The Morgan fingerprint density at radius 3 is 1.42 bits per heavy atom. The second kappa shape index (κ2) is 25.5. The number of ether oxygens (including phenoxy) is 1. The molecule has 1 saturated heterocycles. The first-order valence-corrected chi connectivity index (χ1v) is 12.3. The topological polar surface area (TPSA) is 415 Å². The number of Topliss-reactive ketones (excluding diaryl/α,β-unsaturated/α-hetero) is 2. The molecule has 1 heterocycles. The monoisotopic (exact) mass is 670 g/mol. The lowest BCUT2D eigenvalue weighted by atomic mass is 10.0. The van der Waals surface area contributed by atoms with E-state index < -0.39 is 110 Å². The first kappa shape index (κ1) is 49.1. The summed E-state index contributed by atoms with van der Waals surface area (Å²) in [5.74, 6) is -5.96. The number of rotatable bonds is 12. The van der Waals surface area contributed by atoms with Crippen molar-refractivity contribution >= 4 is 30.0 Å². The number of ketones is 2. The Bertz CT molecular complexity index is 873. The maximum Gasteiger partial charge on any atom is 0.374 e. The summed E-state index contributed by atoms with van der Waals surface area (Å²) in [6.07, 6.45) is -15.2. The maximum atomic E-state index is 10.6. The highest BCUT2D eigenvalue weighted by atomic mass is 16.7. The van der Waals surface area contributed by atoms with Gasteiger partial charge in [0.25, 0.3) is 5.78 Å². The molecule has 0 bridgehead atoms. The van der Waals surface area contributed by atoms with Gasteiger partial charge in [0, 0.05) is 0 Å². The van der Waals surface area contributed by atoms with Gasteiger partial charge >= 0.3 is 12.1 Å². The Morgan fingerprint density at radius 2 is 1.24 bits per heavy atom. The molecule has 0 saturated carbocycles. The fraction of sp³-hybridized carbons (Fsp3) is 0.783. The second-order valence-electron chi connectivity index (χ2n) is 8.88. The highest BCUT2D eigenvalue weighted by Gasteiger charge is 2.54. The average Bonchev–Trinajstić information content (AvgIpc) is 3.23. The Morgan fingerprint density at radius 1 is 0.822 bits per heavy atom. The van der Waals surface area contributed by atoms with Crippen LogP contribution < -0.4 is 0 Å². The van der Waals surface area contributed by atoms with Crippen molar-refractivity contribution in [3.63, 3.8) is 0 Å². The third-order valence-corrected chi connectivity index (χ3v) is 5.18. The van der Waals surface area contributed by atoms with Crippen molar-refractivity contribution in [1.82, 2.24) is 0 Å². The third-order valence-electron chi connectivity index (χ3n) is 5.18. The van der Waals surface area contributed by atoms with E-state index in [1.165, 1.54) is 20.8 Å². The molecule has 0 amide bonds. The van der Waals surface area contributed by atoms with Crippen LogP contribution in [0.2, 0.25) is 0 Å². The zero-order valence-electron chi connectivity index (χ0n) is 24.1. The predicted molar refractivity (Wildman–Crippen MR) is 137 cm³/mol. The van der Waals surface area contributed by atoms with Crippen LogP contribution in [0, 0.1) is 0 Å². The molecule has 1 aliphatic rings. The molecule has 0 spiro atoms. The third kappa shape index (κ3) is 19.4. The van der Waals surface area contributed by atoms with E-state index in [9.17, 15) is 34.5 Å². The molecule has 0 aromatic carbocycles. The van der Waals surface area contributed by atoms with Gasteiger partial charge in [-0.15, -0.1) is 0 Å². The van der Waals surface area contributed by atoms with Crippen molar-refractivity contribution in [2.45, 2.75) is 93.7 Å². The minimum absolute atomic E-state index is 0.178. The lowest BCUT2D eigenvalue weighted by Gasteiger charge is -2.23. The van der Waals surface area contributed by atoms with Crippen LogP contribution in [-0.4, -0.2) is 199 Å². The summed E-state index contributed by atoms with van der Waals surface area (Å²) >= 11 is 0. The van der Waals surface area contributed by atoms with Crippen molar-refractivity contribution in [2.24, 2.45) is 0 Å². The van der Waals surface area contributed by atoms with Crippen LogP contribution in [0.4, 0.5) is 0 Å². The van der Waals surface area contributed by atoms with Gasteiger partial charge in [0.2, 0.25) is 5.79 Å². The van der Waals surface area contributed by atoms with Gasteiger partial charge in [-0.1, -0.05) is 0 Å². The number of aliphatic carboxylic acids is 1. The van der Waals surface area contributed by atoms with E-state index in [1.807, 2.05) is 0 Å². The van der Waals surface area contributed by atoms with Gasteiger partial charge in [0.05, 0.1) is 24.9 Å². The minimum atomic E-state index is -2.18. The van der Waals surface area contributed by atoms with E-state index in [1.54, 1.807) is 0 Å². The van der Waals surface area contributed by atoms with Crippen molar-refractivity contribution in [3.05, 3.63) is 0 Å². The van der Waals surface area contributed by atoms with Gasteiger partial charge in [0.1, 0.15) is 62.0 Å². The van der Waals surface area contributed by atoms with Crippen LogP contribution in [0.15, 0.2) is 0 Å². The number of carbonyl (C=O) groups is 4. The fourth-order valence-electron chi connectivity index (χ4n) is 2.53. The molecule has 45 heavy (non-hydrogen) atoms. The zero-order valence-corrected chi connectivity index (χ0v) is 24.1. The van der Waals surface area contributed by atoms with Gasteiger partial charge in [-0.25, -0.2) is 4.79 Å². The summed E-state index contributed by atoms with van der Waals surface area (Å²) in [5, 5.41) is 131. The molecule has 1 aliphatic heterocycles. The first-order chi connectivity index (χ1) is 20.5. The van der Waals surface area contributed by atoms with Gasteiger partial charge in [-0.2, -0.15) is 9.59 Å². The predicted octanol–water partition coefficient (Wildman–Crippen LogP) is -9.48. The van der Waals surface area contributed by atoms with Crippen LogP contribution >= 0.6 is 0 Å². The van der Waals surface area contributed by atoms with E-state index in [0.717, 1.165) is 0 Å². The molecule has 22 nitrogen and oxygen atoms in total. The SMILES string of the molecule is CC(O)C(O)C(O)C(O)C(=O)CO.CC(O)C(O)C(O)C=O.C[C@@H](O)[C@H]1OC(O)(CO)[C@@H](O)[C@@H]1O.O=C(O)C(=O)CO.O=C=O. The smallest absolute Gasteiger partial charge is 0.374 e. The second-order valence-corrected chi connectivity index (χ2v) is 8.88. The number of aliphatic hydroxyl groups excluding tert-OH is 13. The highest BCUT2D eigenvalue weighted by Crippen LogP contribution is 2.30. The summed E-state index contributed by atoms with van der Waals surface area (Å²) < 4.78 is 4.74. The fourth-order valence-corrected chi connectivity index (χ4v) is 2.53. The molecule has 0 aliphatic carbocycles. The van der Waals surface area contributed by atoms with Crippen molar-refractivity contribution in [2.75, 3.05) is 19.8 Å². The van der Waals surface area contributed by atoms with Crippen LogP contribution in [0.5, 0.6) is 0 Å². The number of hydrogen-bond donors (Lipinski definition) is 15. The molecule has 1 fully saturated rings. The molecular formula is C23H42O22. The van der Waals surface area contributed by atoms with E-state index in [2.05, 4.69) is 0 Å². The number of carboxylic acid groups (broad SMARTS) is 1. The summed E-state index contributed by atoms with van der Waals surface area (Å²) in [4.78, 5) is 55.7. The molecule has 1 rings (SSSR count). The Hall–Kier alpha value is -2.74. The number of hydrogen-bond acceptors (Lipinski definition) is 21. The number of aldehydes is 1. The Kier molecular flexibility index (Phi) is 27.8. The molecule has 0 aromatic heterocycles. The maximum absolute atomic E-state index is 10.6. The number of carbonyl (C=O) groups excluding carboxylic acids is 5. The summed E-state index contributed by atoms with van der Waals surface area (Å²) in [5.41, 5.74) is 0. The molecule has 12 atom stereocenters. The van der Waals surface area contributed by atoms with Gasteiger partial charge in [-0.3, -0.25) is 9.59 Å². The Balaban J connectivity index is -0.000000248. The van der Waals surface area contributed by atoms with Gasteiger partial charge in [-0.05, 0) is 20.8 Å². The van der Waals surface area contributed by atoms with Crippen LogP contribution in [-0.2, 0) is 33.5 Å². The number of carboxylic acids is 1. The molecule has 15 N–H and O–H groups in total. The van der Waals surface area contributed by atoms with Gasteiger partial charge in [0.15, 0.2) is 12.1 Å². The van der Waals surface area contributed by atoms with Crippen molar-refractivity contribution in [1.29, 1.82) is 0 Å². The van der Waals surface area contributed by atoms with Crippen LogP contribution in [0.3, 0.4) is 0 Å². The van der Waals surface area contributed by atoms with Crippen LogP contribution in [0.25, 0.3) is 0 Å². The van der Waals surface area contributed by atoms with Gasteiger partial charge < -0.3 is 86.1 Å². The molecular weight excluding hydrogens is 628 g/mol. The van der Waals surface area contributed by atoms with Crippen molar-refractivity contribution < 1.29 is 110 Å². The van der Waals surface area contributed by atoms with E-state index >= 15 is 0 Å². The molecule has 0 aromatic rings. The quantitative estimate of drug-likeness (QED) is 0.0676. The first-order valence-electron chi connectivity index (χ1n) is 12.3. The van der Waals surface area contributed by atoms with E-state index in [0.29, 0.717) is 0 Å². The molecule has 266 valence electrons. The van der Waals surface area contributed by atoms with E-state index in [-0.39, 0.29) is 12.4 Å². The van der Waals surface area contributed by atoms with E-state index in [4.69, 9.17) is 75.6 Å². The lowest BCUT2D eigenvalue weighted by molar-refractivity contribution is -0.252. The molecule has 22 heteroatoms. The highest BCUT2D eigenvalue weighted by molar-refractivity contribution is 6.33. The molecule has 0 radical (unpaired) electrons. The standard InChI is InChI=1S/2C7H14O6.C5H10O4.C3H4O4.CO2/c1-3(9)5-4(10)6(11)7(12,2-8)13-5;1-3(9)5(11)7(13)6(12)4(10)2-8;1-3(7)5(9)4(8)2-6;4-1-2(5)3(6)7;2-1-3/h3-6,8-12H,2H2,1H3;3,5-9,11-13H,2H2,1H3;2-5,7-9H,1H3;4H,1H2,(H,6,7);/t3-,4-,5-,6+,7?;;;;/m1..../s1. The molecule has 8 unspecified atom stereocenters. The lowest BCUT2D eigenvalue weighted by Crippen LogP contribution is -2.47. The minimum Gasteiger partial charge on any atom is -0.475 e. The zero-order chi connectivity index (χ0) is 36.8. The van der Waals surface area contributed by atoms with Crippen LogP contribution in [0.1, 0.15) is 20.8 Å². The summed E-state index contributed by atoms with van der Waals surface area (Å²) in [6, 6.07) is 0. The number of aliphatic hydroxyl groups is 14. The Labute approximate surface area is 254 Å². The van der Waals surface area contributed by atoms with Crippen molar-refractivity contribution in [3.8, 4) is 0 Å². The summed E-state index contributed by atoms with van der Waals surface area (Å²) in [6.45, 7) is 1.15.